The second-order valence-corrected chi connectivity index (χ2v) is 17.1. The van der Waals surface area contributed by atoms with Crippen LogP contribution in [0.15, 0.2) is 24.3 Å². The van der Waals surface area contributed by atoms with Crippen LogP contribution in [-0.4, -0.2) is 37.2 Å². The lowest BCUT2D eigenvalue weighted by Crippen LogP contribution is -2.30. The van der Waals surface area contributed by atoms with E-state index in [0.717, 1.165) is 64.2 Å². The molecule has 0 aliphatic heterocycles. The highest BCUT2D eigenvalue weighted by Gasteiger charge is 2.19. The summed E-state index contributed by atoms with van der Waals surface area (Å²) in [6, 6.07) is 0. The van der Waals surface area contributed by atoms with Gasteiger partial charge in [0.25, 0.3) is 0 Å². The zero-order chi connectivity index (χ0) is 42.3. The number of rotatable bonds is 46. The van der Waals surface area contributed by atoms with Crippen molar-refractivity contribution >= 4 is 17.9 Å². The Labute approximate surface area is 360 Å². The summed E-state index contributed by atoms with van der Waals surface area (Å²) in [6.07, 6.45) is 53.0. The molecule has 0 bridgehead atoms. The van der Waals surface area contributed by atoms with E-state index >= 15 is 0 Å². The first-order chi connectivity index (χ1) is 28.5. The van der Waals surface area contributed by atoms with E-state index in [1.54, 1.807) is 0 Å². The summed E-state index contributed by atoms with van der Waals surface area (Å²) in [6.45, 7) is 6.60. The van der Waals surface area contributed by atoms with E-state index < -0.39 is 6.10 Å². The molecule has 1 atom stereocenters. The van der Waals surface area contributed by atoms with Crippen LogP contribution in [0.25, 0.3) is 0 Å². The summed E-state index contributed by atoms with van der Waals surface area (Å²) in [7, 11) is 0. The fourth-order valence-corrected chi connectivity index (χ4v) is 7.30. The van der Waals surface area contributed by atoms with Gasteiger partial charge in [-0.2, -0.15) is 0 Å². The van der Waals surface area contributed by atoms with Crippen LogP contribution in [0.3, 0.4) is 0 Å². The molecular formula is C52H96O6. The number of allylic oxidation sites excluding steroid dienone is 4. The van der Waals surface area contributed by atoms with Gasteiger partial charge in [0.2, 0.25) is 0 Å². The van der Waals surface area contributed by atoms with Gasteiger partial charge in [-0.1, -0.05) is 212 Å². The molecule has 0 rings (SSSR count). The molecular weight excluding hydrogens is 721 g/mol. The molecule has 6 nitrogen and oxygen atoms in total. The Kier molecular flexibility index (Phi) is 45.8. The van der Waals surface area contributed by atoms with Crippen molar-refractivity contribution in [3.63, 3.8) is 0 Å². The molecule has 0 amide bonds. The van der Waals surface area contributed by atoms with E-state index in [-0.39, 0.29) is 31.1 Å². The Morgan fingerprint density at radius 1 is 0.328 bits per heavy atom. The average molecular weight is 817 g/mol. The van der Waals surface area contributed by atoms with Crippen molar-refractivity contribution in [2.24, 2.45) is 0 Å². The summed E-state index contributed by atoms with van der Waals surface area (Å²) >= 11 is 0. The molecule has 6 heteroatoms. The SMILES string of the molecule is CCCC/C=C\CCCCCCCC(=O)OC[C@@H](COC(=O)CCCCCCCCC/C=C\CCCCCCCC)OC(=O)CCCCCCCCCCCCCC. The van der Waals surface area contributed by atoms with Crippen molar-refractivity contribution < 1.29 is 28.6 Å². The van der Waals surface area contributed by atoms with Gasteiger partial charge in [0.1, 0.15) is 13.2 Å². The third-order valence-corrected chi connectivity index (χ3v) is 11.2. The van der Waals surface area contributed by atoms with E-state index in [0.29, 0.717) is 19.3 Å². The fraction of sp³-hybridized carbons (Fsp3) is 0.865. The molecule has 0 aliphatic rings. The van der Waals surface area contributed by atoms with Crippen molar-refractivity contribution in [3.05, 3.63) is 24.3 Å². The van der Waals surface area contributed by atoms with Crippen LogP contribution in [0.2, 0.25) is 0 Å². The summed E-state index contributed by atoms with van der Waals surface area (Å²) < 4.78 is 16.8. The van der Waals surface area contributed by atoms with Crippen LogP contribution in [0.5, 0.6) is 0 Å². The van der Waals surface area contributed by atoms with E-state index in [1.807, 2.05) is 0 Å². The molecule has 340 valence electrons. The normalized spacial score (nSPS) is 12.1. The number of unbranched alkanes of at least 4 members (excludes halogenated alkanes) is 31. The summed E-state index contributed by atoms with van der Waals surface area (Å²) in [5.74, 6) is -0.877. The van der Waals surface area contributed by atoms with E-state index in [1.165, 1.54) is 167 Å². The van der Waals surface area contributed by atoms with Crippen molar-refractivity contribution in [2.45, 2.75) is 277 Å². The largest absolute Gasteiger partial charge is 0.462 e. The van der Waals surface area contributed by atoms with Crippen molar-refractivity contribution in [3.8, 4) is 0 Å². The molecule has 0 aromatic rings. The van der Waals surface area contributed by atoms with Gasteiger partial charge in [0.05, 0.1) is 0 Å². The van der Waals surface area contributed by atoms with Crippen LogP contribution in [-0.2, 0) is 28.6 Å². The lowest BCUT2D eigenvalue weighted by Gasteiger charge is -2.18. The van der Waals surface area contributed by atoms with Gasteiger partial charge >= 0.3 is 17.9 Å². The van der Waals surface area contributed by atoms with Crippen molar-refractivity contribution in [1.29, 1.82) is 0 Å². The van der Waals surface area contributed by atoms with Crippen molar-refractivity contribution in [1.82, 2.24) is 0 Å². The topological polar surface area (TPSA) is 78.9 Å². The molecule has 0 radical (unpaired) electrons. The van der Waals surface area contributed by atoms with Crippen LogP contribution in [0, 0.1) is 0 Å². The molecule has 0 aromatic heterocycles. The third-order valence-electron chi connectivity index (χ3n) is 11.2. The van der Waals surface area contributed by atoms with E-state index in [4.69, 9.17) is 14.2 Å². The second kappa shape index (κ2) is 47.6. The van der Waals surface area contributed by atoms with Gasteiger partial charge < -0.3 is 14.2 Å². The minimum absolute atomic E-state index is 0.0728. The summed E-state index contributed by atoms with van der Waals surface area (Å²) in [5.41, 5.74) is 0. The monoisotopic (exact) mass is 817 g/mol. The summed E-state index contributed by atoms with van der Waals surface area (Å²) in [4.78, 5) is 37.9. The quantitative estimate of drug-likeness (QED) is 0.0263. The number of esters is 3. The minimum Gasteiger partial charge on any atom is -0.462 e. The maximum Gasteiger partial charge on any atom is 0.306 e. The second-order valence-electron chi connectivity index (χ2n) is 17.1. The van der Waals surface area contributed by atoms with E-state index in [2.05, 4.69) is 45.1 Å². The minimum atomic E-state index is -0.770. The van der Waals surface area contributed by atoms with Gasteiger partial charge in [-0.3, -0.25) is 14.4 Å². The highest BCUT2D eigenvalue weighted by atomic mass is 16.6. The van der Waals surface area contributed by atoms with Gasteiger partial charge in [-0.25, -0.2) is 0 Å². The van der Waals surface area contributed by atoms with Gasteiger partial charge in [-0.05, 0) is 64.2 Å². The Morgan fingerprint density at radius 2 is 0.586 bits per heavy atom. The number of hydrogen-bond acceptors (Lipinski definition) is 6. The lowest BCUT2D eigenvalue weighted by atomic mass is 10.0. The maximum absolute atomic E-state index is 12.7. The van der Waals surface area contributed by atoms with Gasteiger partial charge in [0, 0.05) is 19.3 Å². The number of carbonyl (C=O) groups excluding carboxylic acids is 3. The number of carbonyl (C=O) groups is 3. The Bertz CT molecular complexity index is 942. The lowest BCUT2D eigenvalue weighted by molar-refractivity contribution is -0.167. The molecule has 0 aliphatic carbocycles. The predicted octanol–water partition coefficient (Wildman–Crippen LogP) is 16.4. The Hall–Kier alpha value is -2.11. The van der Waals surface area contributed by atoms with Crippen LogP contribution in [0.1, 0.15) is 271 Å². The van der Waals surface area contributed by atoms with Crippen LogP contribution >= 0.6 is 0 Å². The average Bonchev–Trinajstić information content (AvgIpc) is 3.22. The van der Waals surface area contributed by atoms with Crippen molar-refractivity contribution in [2.75, 3.05) is 13.2 Å². The highest BCUT2D eigenvalue weighted by Crippen LogP contribution is 2.15. The maximum atomic E-state index is 12.7. The first-order valence-electron chi connectivity index (χ1n) is 25.3. The third kappa shape index (κ3) is 45.0. The zero-order valence-corrected chi connectivity index (χ0v) is 38.8. The molecule has 0 saturated heterocycles. The molecule has 58 heavy (non-hydrogen) atoms. The molecule has 0 fully saturated rings. The van der Waals surface area contributed by atoms with Crippen LogP contribution in [0.4, 0.5) is 0 Å². The standard InChI is InChI=1S/C52H96O6/c1-4-7-10-13-16-19-22-24-25-26-27-28-31-33-36-39-42-45-51(54)57-48-49(47-56-50(53)44-41-38-35-32-29-21-18-15-12-9-6-3)58-52(55)46-43-40-37-34-30-23-20-17-14-11-8-5-2/h15,18,24-25,49H,4-14,16-17,19-23,26-48H2,1-3H3/b18-15-,25-24-/t49-/m0/s1. The van der Waals surface area contributed by atoms with Gasteiger partial charge in [0.15, 0.2) is 6.10 Å². The number of ether oxygens (including phenoxy) is 3. The van der Waals surface area contributed by atoms with E-state index in [9.17, 15) is 14.4 Å². The molecule has 0 saturated carbocycles. The Balaban J connectivity index is 4.32. The molecule has 0 spiro atoms. The fourth-order valence-electron chi connectivity index (χ4n) is 7.30. The first-order valence-corrected chi connectivity index (χ1v) is 25.3. The summed E-state index contributed by atoms with van der Waals surface area (Å²) in [5, 5.41) is 0. The smallest absolute Gasteiger partial charge is 0.306 e. The molecule has 0 unspecified atom stereocenters. The Morgan fingerprint density at radius 3 is 0.914 bits per heavy atom. The zero-order valence-electron chi connectivity index (χ0n) is 38.8. The number of hydrogen-bond donors (Lipinski definition) is 0. The highest BCUT2D eigenvalue weighted by molar-refractivity contribution is 5.71. The molecule has 0 N–H and O–H groups in total. The van der Waals surface area contributed by atoms with Gasteiger partial charge in [-0.15, -0.1) is 0 Å². The predicted molar refractivity (Wildman–Crippen MR) is 247 cm³/mol. The molecule has 0 heterocycles. The first kappa shape index (κ1) is 55.9. The van der Waals surface area contributed by atoms with Crippen LogP contribution < -0.4 is 0 Å². The molecule has 0 aromatic carbocycles.